The first kappa shape index (κ1) is 11.8. The maximum atomic E-state index is 11.5. The molecule has 0 spiro atoms. The molecule has 17 heavy (non-hydrogen) atoms. The molecule has 1 aromatic rings. The van der Waals surface area contributed by atoms with Crippen LogP contribution >= 0.6 is 0 Å². The second-order valence-corrected chi connectivity index (χ2v) is 3.74. The van der Waals surface area contributed by atoms with E-state index in [1.54, 1.807) is 0 Å². The summed E-state index contributed by atoms with van der Waals surface area (Å²) < 4.78 is 6.33. The number of aromatic nitrogens is 2. The highest BCUT2D eigenvalue weighted by atomic mass is 16.5. The SMILES string of the molecule is C=C1C(CO)OC(n2ccc(=O)[nH]c2=O)C1O. The fourth-order valence-corrected chi connectivity index (χ4v) is 1.71. The van der Waals surface area contributed by atoms with E-state index in [4.69, 9.17) is 9.84 Å². The minimum atomic E-state index is -1.10. The number of ether oxygens (including phenoxy) is 1. The van der Waals surface area contributed by atoms with Gasteiger partial charge in [0.05, 0.1) is 6.61 Å². The Morgan fingerprint density at radius 3 is 2.76 bits per heavy atom. The van der Waals surface area contributed by atoms with Gasteiger partial charge in [0.2, 0.25) is 0 Å². The molecule has 92 valence electrons. The molecule has 1 aliphatic rings. The van der Waals surface area contributed by atoms with Crippen LogP contribution < -0.4 is 11.2 Å². The lowest BCUT2D eigenvalue weighted by Gasteiger charge is -2.16. The molecule has 1 fully saturated rings. The van der Waals surface area contributed by atoms with E-state index in [9.17, 15) is 14.7 Å². The molecule has 3 atom stereocenters. The number of aliphatic hydroxyl groups is 2. The first-order chi connectivity index (χ1) is 8.04. The Balaban J connectivity index is 2.39. The summed E-state index contributed by atoms with van der Waals surface area (Å²) in [6, 6.07) is 1.15. The van der Waals surface area contributed by atoms with Crippen molar-refractivity contribution in [1.29, 1.82) is 0 Å². The number of aliphatic hydroxyl groups excluding tert-OH is 2. The van der Waals surface area contributed by atoms with Crippen molar-refractivity contribution in [3.63, 3.8) is 0 Å². The molecule has 0 aliphatic carbocycles. The molecular weight excluding hydrogens is 228 g/mol. The summed E-state index contributed by atoms with van der Waals surface area (Å²) in [6.45, 7) is 3.26. The molecular formula is C10H12N2O5. The third-order valence-corrected chi connectivity index (χ3v) is 2.66. The molecule has 1 saturated heterocycles. The zero-order valence-corrected chi connectivity index (χ0v) is 8.87. The highest BCUT2D eigenvalue weighted by Crippen LogP contribution is 2.30. The zero-order chi connectivity index (χ0) is 12.6. The minimum Gasteiger partial charge on any atom is -0.393 e. The predicted molar refractivity (Wildman–Crippen MR) is 57.5 cm³/mol. The van der Waals surface area contributed by atoms with Crippen LogP contribution in [0.5, 0.6) is 0 Å². The molecule has 2 rings (SSSR count). The quantitative estimate of drug-likeness (QED) is 0.537. The van der Waals surface area contributed by atoms with E-state index in [1.807, 2.05) is 0 Å². The summed E-state index contributed by atoms with van der Waals surface area (Å²) in [5, 5.41) is 18.8. The number of hydrogen-bond donors (Lipinski definition) is 3. The van der Waals surface area contributed by atoms with E-state index in [0.29, 0.717) is 5.57 Å². The van der Waals surface area contributed by atoms with Crippen molar-refractivity contribution in [3.8, 4) is 0 Å². The Morgan fingerprint density at radius 2 is 2.24 bits per heavy atom. The summed E-state index contributed by atoms with van der Waals surface area (Å²) in [7, 11) is 0. The average Bonchev–Trinajstić information content (AvgIpc) is 2.57. The van der Waals surface area contributed by atoms with Gasteiger partial charge < -0.3 is 14.9 Å². The number of hydrogen-bond acceptors (Lipinski definition) is 5. The van der Waals surface area contributed by atoms with Crippen LogP contribution in [-0.2, 0) is 4.74 Å². The van der Waals surface area contributed by atoms with Gasteiger partial charge in [0.25, 0.3) is 5.56 Å². The Hall–Kier alpha value is -1.70. The van der Waals surface area contributed by atoms with Crippen molar-refractivity contribution in [2.45, 2.75) is 18.4 Å². The maximum absolute atomic E-state index is 11.5. The lowest BCUT2D eigenvalue weighted by Crippen LogP contribution is -2.35. The van der Waals surface area contributed by atoms with Gasteiger partial charge in [-0.05, 0) is 5.57 Å². The molecule has 0 saturated carbocycles. The van der Waals surface area contributed by atoms with Crippen LogP contribution in [0.15, 0.2) is 34.0 Å². The Bertz CT molecular complexity index is 546. The van der Waals surface area contributed by atoms with Crippen LogP contribution in [0.3, 0.4) is 0 Å². The summed E-state index contributed by atoms with van der Waals surface area (Å²) in [5.74, 6) is 0. The molecule has 3 unspecified atom stereocenters. The van der Waals surface area contributed by atoms with Gasteiger partial charge in [-0.2, -0.15) is 0 Å². The molecule has 1 aromatic heterocycles. The van der Waals surface area contributed by atoms with Gasteiger partial charge in [0.1, 0.15) is 12.2 Å². The second kappa shape index (κ2) is 4.28. The third-order valence-electron chi connectivity index (χ3n) is 2.66. The fraction of sp³-hybridized carbons (Fsp3) is 0.400. The summed E-state index contributed by atoms with van der Waals surface area (Å²) >= 11 is 0. The summed E-state index contributed by atoms with van der Waals surface area (Å²) in [6.07, 6.45) is -1.57. The minimum absolute atomic E-state index is 0.301. The topological polar surface area (TPSA) is 105 Å². The van der Waals surface area contributed by atoms with Gasteiger partial charge in [-0.15, -0.1) is 0 Å². The number of aromatic amines is 1. The van der Waals surface area contributed by atoms with Gasteiger partial charge in [-0.25, -0.2) is 4.79 Å². The van der Waals surface area contributed by atoms with E-state index in [0.717, 1.165) is 10.6 Å². The van der Waals surface area contributed by atoms with Crippen LogP contribution in [-0.4, -0.2) is 38.6 Å². The largest absolute Gasteiger partial charge is 0.393 e. The van der Waals surface area contributed by atoms with Gasteiger partial charge in [0, 0.05) is 12.3 Å². The lowest BCUT2D eigenvalue weighted by atomic mass is 10.1. The molecule has 7 heteroatoms. The summed E-state index contributed by atoms with van der Waals surface area (Å²) in [4.78, 5) is 24.4. The summed E-state index contributed by atoms with van der Waals surface area (Å²) in [5.41, 5.74) is -0.917. The monoisotopic (exact) mass is 240 g/mol. The fourth-order valence-electron chi connectivity index (χ4n) is 1.71. The normalized spacial score (nSPS) is 28.6. The first-order valence-corrected chi connectivity index (χ1v) is 4.99. The molecule has 0 radical (unpaired) electrons. The Morgan fingerprint density at radius 1 is 1.53 bits per heavy atom. The van der Waals surface area contributed by atoms with Crippen molar-refractivity contribution in [2.75, 3.05) is 6.61 Å². The van der Waals surface area contributed by atoms with Gasteiger partial charge in [-0.1, -0.05) is 6.58 Å². The molecule has 7 nitrogen and oxygen atoms in total. The van der Waals surface area contributed by atoms with Crippen LogP contribution in [0.25, 0.3) is 0 Å². The third kappa shape index (κ3) is 1.95. The lowest BCUT2D eigenvalue weighted by molar-refractivity contribution is -0.0527. The van der Waals surface area contributed by atoms with Crippen LogP contribution in [0.4, 0.5) is 0 Å². The molecule has 0 bridgehead atoms. The van der Waals surface area contributed by atoms with Crippen molar-refractivity contribution in [2.24, 2.45) is 0 Å². The molecule has 2 heterocycles. The van der Waals surface area contributed by atoms with E-state index in [-0.39, 0.29) is 6.61 Å². The van der Waals surface area contributed by atoms with Gasteiger partial charge in [0.15, 0.2) is 6.23 Å². The Labute approximate surface area is 95.6 Å². The highest BCUT2D eigenvalue weighted by Gasteiger charge is 2.38. The van der Waals surface area contributed by atoms with E-state index >= 15 is 0 Å². The van der Waals surface area contributed by atoms with Crippen LogP contribution in [0, 0.1) is 0 Å². The van der Waals surface area contributed by atoms with Crippen molar-refractivity contribution < 1.29 is 14.9 Å². The molecule has 0 aromatic carbocycles. The van der Waals surface area contributed by atoms with Gasteiger partial charge in [-0.3, -0.25) is 14.3 Å². The van der Waals surface area contributed by atoms with Crippen LogP contribution in [0.2, 0.25) is 0 Å². The van der Waals surface area contributed by atoms with Crippen molar-refractivity contribution in [1.82, 2.24) is 9.55 Å². The molecule has 0 amide bonds. The van der Waals surface area contributed by atoms with Crippen LogP contribution in [0.1, 0.15) is 6.23 Å². The number of H-pyrrole nitrogens is 1. The maximum Gasteiger partial charge on any atom is 0.330 e. The van der Waals surface area contributed by atoms with Gasteiger partial charge >= 0.3 is 5.69 Å². The standard InChI is InChI=1S/C10H12N2O5/c1-5-6(4-13)17-9(8(5)15)12-3-2-7(14)11-10(12)16/h2-3,6,8-9,13,15H,1,4H2,(H,11,14,16). The number of nitrogens with one attached hydrogen (secondary N) is 1. The van der Waals surface area contributed by atoms with E-state index in [2.05, 4.69) is 11.6 Å². The zero-order valence-electron chi connectivity index (χ0n) is 8.87. The van der Waals surface area contributed by atoms with Crippen molar-refractivity contribution >= 4 is 0 Å². The van der Waals surface area contributed by atoms with Crippen molar-refractivity contribution in [3.05, 3.63) is 45.3 Å². The average molecular weight is 240 g/mol. The van der Waals surface area contributed by atoms with E-state index in [1.165, 1.54) is 6.20 Å². The highest BCUT2D eigenvalue weighted by molar-refractivity contribution is 5.15. The first-order valence-electron chi connectivity index (χ1n) is 4.99. The molecule has 1 aliphatic heterocycles. The predicted octanol–water partition coefficient (Wildman–Crippen LogP) is -1.66. The number of nitrogens with zero attached hydrogens (tertiary/aromatic N) is 1. The second-order valence-electron chi connectivity index (χ2n) is 3.74. The Kier molecular flexibility index (Phi) is 2.97. The van der Waals surface area contributed by atoms with E-state index < -0.39 is 29.7 Å². The number of rotatable bonds is 2. The smallest absolute Gasteiger partial charge is 0.330 e. The molecule has 3 N–H and O–H groups in total.